The fraction of sp³-hybridized carbons (Fsp3) is 0.310. The summed E-state index contributed by atoms with van der Waals surface area (Å²) in [6, 6.07) is 12.9. The number of aliphatic carboxylic acids is 1. The van der Waals surface area contributed by atoms with Crippen LogP contribution in [0.1, 0.15) is 41.2 Å². The lowest BCUT2D eigenvalue weighted by atomic mass is 9.97. The lowest BCUT2D eigenvalue weighted by molar-refractivity contribution is -0.146. The molecule has 2 unspecified atom stereocenters. The van der Waals surface area contributed by atoms with Crippen molar-refractivity contribution in [2.24, 2.45) is 0 Å². The molecule has 0 bridgehead atoms. The third kappa shape index (κ3) is 7.60. The summed E-state index contributed by atoms with van der Waals surface area (Å²) >= 11 is 13.7. The largest absolute Gasteiger partial charge is 0.478 e. The molecule has 206 valence electrons. The zero-order chi connectivity index (χ0) is 27.8. The summed E-state index contributed by atoms with van der Waals surface area (Å²) in [5, 5.41) is 16.1. The van der Waals surface area contributed by atoms with Crippen LogP contribution >= 0.6 is 35.0 Å². The Labute approximate surface area is 242 Å². The predicted molar refractivity (Wildman–Crippen MR) is 156 cm³/mol. The number of alkyl halides is 1. The van der Waals surface area contributed by atoms with E-state index in [1.807, 2.05) is 55.5 Å². The van der Waals surface area contributed by atoms with Gasteiger partial charge in [0.1, 0.15) is 18.3 Å². The molecule has 39 heavy (non-hydrogen) atoms. The molecule has 2 atom stereocenters. The third-order valence-electron chi connectivity index (χ3n) is 6.26. The Hall–Kier alpha value is -2.91. The van der Waals surface area contributed by atoms with Crippen LogP contribution in [0.5, 0.6) is 0 Å². The molecule has 2 aliphatic heterocycles. The van der Waals surface area contributed by atoms with Crippen molar-refractivity contribution < 1.29 is 24.2 Å². The van der Waals surface area contributed by atoms with Gasteiger partial charge in [-0.05, 0) is 63.5 Å². The Kier molecular flexibility index (Phi) is 10.4. The third-order valence-corrected chi connectivity index (χ3v) is 7.99. The van der Waals surface area contributed by atoms with Crippen molar-refractivity contribution >= 4 is 59.1 Å². The summed E-state index contributed by atoms with van der Waals surface area (Å²) in [6.07, 6.45) is 6.08. The highest BCUT2D eigenvalue weighted by Gasteiger charge is 2.35. The minimum Gasteiger partial charge on any atom is -0.478 e. The number of halogens is 2. The molecular weight excluding hydrogens is 559 g/mol. The summed E-state index contributed by atoms with van der Waals surface area (Å²) in [4.78, 5) is 25.2. The van der Waals surface area contributed by atoms with E-state index in [-0.39, 0.29) is 5.70 Å². The molecule has 0 radical (unpaired) electrons. The number of hydrogen-bond donors (Lipinski definition) is 3. The molecule has 7 nitrogen and oxygen atoms in total. The van der Waals surface area contributed by atoms with Crippen molar-refractivity contribution in [3.63, 3.8) is 0 Å². The van der Waals surface area contributed by atoms with E-state index in [2.05, 4.69) is 10.6 Å². The number of rotatable bonds is 11. The van der Waals surface area contributed by atoms with Crippen LogP contribution < -0.4 is 10.6 Å². The minimum atomic E-state index is -1.10. The van der Waals surface area contributed by atoms with E-state index >= 15 is 0 Å². The van der Waals surface area contributed by atoms with Crippen molar-refractivity contribution in [1.82, 2.24) is 10.6 Å². The van der Waals surface area contributed by atoms with Gasteiger partial charge in [0.2, 0.25) is 0 Å². The van der Waals surface area contributed by atoms with E-state index in [1.54, 1.807) is 12.2 Å². The molecule has 0 amide bonds. The number of esters is 1. The second-order valence-corrected chi connectivity index (χ2v) is 10.8. The van der Waals surface area contributed by atoms with Gasteiger partial charge in [-0.2, -0.15) is 0 Å². The van der Waals surface area contributed by atoms with Crippen LogP contribution in [0.15, 0.2) is 65.0 Å². The first-order valence-corrected chi connectivity index (χ1v) is 14.5. The topological polar surface area (TPSA) is 96.9 Å². The maximum Gasteiger partial charge on any atom is 0.352 e. The van der Waals surface area contributed by atoms with Gasteiger partial charge in [0.05, 0.1) is 12.0 Å². The molecule has 0 aliphatic carbocycles. The number of carbonyl (C=O) groups excluding carboxylic acids is 1. The molecule has 2 aromatic rings. The quantitative estimate of drug-likeness (QED) is 0.230. The average Bonchev–Trinajstić information content (AvgIpc) is 2.95. The SMILES string of the molecule is CCCOC(=O)C(NCc1ccccc1)C1NC(C(=O)O)=C(/C=C/c2cc3c(cc2CCl)COC(Cl)=C3)CS1. The van der Waals surface area contributed by atoms with E-state index in [0.29, 0.717) is 48.6 Å². The highest BCUT2D eigenvalue weighted by Crippen LogP contribution is 2.30. The fourth-order valence-electron chi connectivity index (χ4n) is 4.23. The summed E-state index contributed by atoms with van der Waals surface area (Å²) in [5.41, 5.74) is 5.33. The minimum absolute atomic E-state index is 0.0477. The summed E-state index contributed by atoms with van der Waals surface area (Å²) in [7, 11) is 0. The molecule has 10 heteroatoms. The Morgan fingerprint density at radius 2 is 2.08 bits per heavy atom. The molecule has 0 saturated heterocycles. The Morgan fingerprint density at radius 3 is 2.79 bits per heavy atom. The number of hydrogen-bond acceptors (Lipinski definition) is 7. The molecular formula is C29H30Cl2N2O5S. The number of thioether (sulfide) groups is 1. The number of carboxylic acids is 1. The molecule has 0 fully saturated rings. The van der Waals surface area contributed by atoms with E-state index in [0.717, 1.165) is 27.8 Å². The number of nitrogens with one attached hydrogen (secondary N) is 2. The summed E-state index contributed by atoms with van der Waals surface area (Å²) in [6.45, 7) is 3.03. The van der Waals surface area contributed by atoms with Crippen molar-refractivity contribution in [3.05, 3.63) is 92.8 Å². The lowest BCUT2D eigenvalue weighted by Crippen LogP contribution is -2.53. The maximum atomic E-state index is 13.0. The Morgan fingerprint density at radius 1 is 1.28 bits per heavy atom. The van der Waals surface area contributed by atoms with Crippen molar-refractivity contribution in [2.75, 3.05) is 12.4 Å². The number of benzene rings is 2. The fourth-order valence-corrected chi connectivity index (χ4v) is 5.83. The molecule has 2 heterocycles. The van der Waals surface area contributed by atoms with Gasteiger partial charge in [-0.1, -0.05) is 49.4 Å². The first-order chi connectivity index (χ1) is 18.9. The second-order valence-electron chi connectivity index (χ2n) is 9.05. The van der Waals surface area contributed by atoms with Crippen molar-refractivity contribution in [2.45, 2.75) is 43.8 Å². The van der Waals surface area contributed by atoms with Crippen LogP contribution in [0, 0.1) is 0 Å². The number of ether oxygens (including phenoxy) is 2. The van der Waals surface area contributed by atoms with E-state index < -0.39 is 23.4 Å². The van der Waals surface area contributed by atoms with Gasteiger partial charge in [0.25, 0.3) is 0 Å². The summed E-state index contributed by atoms with van der Waals surface area (Å²) in [5.74, 6) is -0.836. The van der Waals surface area contributed by atoms with Crippen LogP contribution in [-0.2, 0) is 38.1 Å². The van der Waals surface area contributed by atoms with Gasteiger partial charge >= 0.3 is 11.9 Å². The van der Waals surface area contributed by atoms with Gasteiger partial charge < -0.3 is 19.9 Å². The van der Waals surface area contributed by atoms with Crippen molar-refractivity contribution in [1.29, 1.82) is 0 Å². The Bertz CT molecular complexity index is 1300. The number of carbonyl (C=O) groups is 2. The van der Waals surface area contributed by atoms with E-state index in [9.17, 15) is 14.7 Å². The summed E-state index contributed by atoms with van der Waals surface area (Å²) < 4.78 is 10.8. The van der Waals surface area contributed by atoms with E-state index in [1.165, 1.54) is 11.8 Å². The normalized spacial score (nSPS) is 17.6. The molecule has 0 aromatic heterocycles. The highest BCUT2D eigenvalue weighted by atomic mass is 35.5. The zero-order valence-corrected chi connectivity index (χ0v) is 23.7. The van der Waals surface area contributed by atoms with Gasteiger partial charge in [-0.3, -0.25) is 10.1 Å². The van der Waals surface area contributed by atoms with E-state index in [4.69, 9.17) is 32.7 Å². The average molecular weight is 590 g/mol. The monoisotopic (exact) mass is 588 g/mol. The standard InChI is InChI=1S/C29H30Cl2N2O5S/c1-2-10-37-29(36)26(32-15-18-6-4-3-5-7-18)27-33-25(28(34)35)20(17-39-27)9-8-19-11-21-13-24(31)38-16-23(21)12-22(19)14-30/h3-9,11-13,26-27,32-33H,2,10,14-17H2,1H3,(H,34,35)/b9-8+. The molecule has 2 aliphatic rings. The Balaban J connectivity index is 1.57. The van der Waals surface area contributed by atoms with Crippen LogP contribution in [-0.4, -0.2) is 40.8 Å². The second kappa shape index (κ2) is 13.9. The van der Waals surface area contributed by atoms with Crippen molar-refractivity contribution in [3.8, 4) is 0 Å². The molecule has 3 N–H and O–H groups in total. The highest BCUT2D eigenvalue weighted by molar-refractivity contribution is 8.00. The van der Waals surface area contributed by atoms with Gasteiger partial charge in [-0.25, -0.2) is 4.79 Å². The number of fused-ring (bicyclic) bond motifs is 1. The first kappa shape index (κ1) is 29.1. The zero-order valence-electron chi connectivity index (χ0n) is 21.4. The molecule has 0 saturated carbocycles. The van der Waals surface area contributed by atoms with Gasteiger partial charge in [0.15, 0.2) is 5.22 Å². The van der Waals surface area contributed by atoms with Crippen LogP contribution in [0.3, 0.4) is 0 Å². The van der Waals surface area contributed by atoms with Gasteiger partial charge in [-0.15, -0.1) is 23.4 Å². The number of allylic oxidation sites excluding steroid dienone is 1. The molecule has 4 rings (SSSR count). The molecule has 0 spiro atoms. The van der Waals surface area contributed by atoms with Gasteiger partial charge in [0, 0.05) is 24.3 Å². The lowest BCUT2D eigenvalue weighted by Gasteiger charge is -2.32. The van der Waals surface area contributed by atoms with Crippen LogP contribution in [0.4, 0.5) is 0 Å². The smallest absolute Gasteiger partial charge is 0.352 e. The number of carboxylic acid groups (broad SMARTS) is 1. The van der Waals surface area contributed by atoms with Crippen LogP contribution in [0.2, 0.25) is 0 Å². The predicted octanol–water partition coefficient (Wildman–Crippen LogP) is 5.62. The maximum absolute atomic E-state index is 13.0. The first-order valence-electron chi connectivity index (χ1n) is 12.6. The molecule has 2 aromatic carbocycles. The van der Waals surface area contributed by atoms with Crippen LogP contribution in [0.25, 0.3) is 12.2 Å².